The van der Waals surface area contributed by atoms with E-state index in [0.29, 0.717) is 18.8 Å². The second-order valence-corrected chi connectivity index (χ2v) is 9.25. The maximum Gasteiger partial charge on any atom is 0.242 e. The number of amides is 2. The van der Waals surface area contributed by atoms with Crippen molar-refractivity contribution >= 4 is 27.5 Å². The van der Waals surface area contributed by atoms with Crippen molar-refractivity contribution in [1.82, 2.24) is 10.0 Å². The molecule has 1 aliphatic heterocycles. The lowest BCUT2D eigenvalue weighted by atomic mass is 10.1. The highest BCUT2D eigenvalue weighted by Crippen LogP contribution is 2.20. The van der Waals surface area contributed by atoms with Crippen molar-refractivity contribution in [3.05, 3.63) is 59.9 Å². The molecule has 2 aromatic rings. The highest BCUT2D eigenvalue weighted by Gasteiger charge is 2.24. The summed E-state index contributed by atoms with van der Waals surface area (Å²) in [5.74, 6) is -1.55. The molecule has 0 unspecified atom stereocenters. The highest BCUT2D eigenvalue weighted by atomic mass is 32.2. The van der Waals surface area contributed by atoms with Crippen molar-refractivity contribution in [2.75, 3.05) is 31.1 Å². The third-order valence-corrected chi connectivity index (χ3v) is 6.51. The Kier molecular flexibility index (Phi) is 7.94. The van der Waals surface area contributed by atoms with Crippen molar-refractivity contribution < 1.29 is 27.1 Å². The number of hydrogen-bond acceptors (Lipinski definition) is 5. The number of anilines is 1. The molecule has 2 N–H and O–H groups in total. The number of rotatable bonds is 9. The van der Waals surface area contributed by atoms with Crippen LogP contribution in [0.4, 0.5) is 10.1 Å². The van der Waals surface area contributed by atoms with Crippen molar-refractivity contribution in [2.45, 2.75) is 30.8 Å². The molecule has 2 aromatic carbocycles. The number of para-hydroxylation sites is 1. The minimum atomic E-state index is -4.03. The number of aryl methyl sites for hydroxylation is 1. The van der Waals surface area contributed by atoms with E-state index in [1.54, 1.807) is 31.2 Å². The molecule has 32 heavy (non-hydrogen) atoms. The Morgan fingerprint density at radius 3 is 2.53 bits per heavy atom. The SMILES string of the molecule is Cc1ccccc1N(CC(=O)NC[C@@H]1CCCO1)C(=O)CNS(=O)(=O)c1ccc(F)cc1. The van der Waals surface area contributed by atoms with Gasteiger partial charge in [0.25, 0.3) is 0 Å². The molecule has 0 bridgehead atoms. The molecule has 0 saturated carbocycles. The molecule has 0 aromatic heterocycles. The van der Waals surface area contributed by atoms with Crippen LogP contribution in [-0.4, -0.2) is 52.6 Å². The first-order valence-electron chi connectivity index (χ1n) is 10.3. The van der Waals surface area contributed by atoms with Gasteiger partial charge < -0.3 is 15.0 Å². The van der Waals surface area contributed by atoms with Gasteiger partial charge >= 0.3 is 0 Å². The third kappa shape index (κ3) is 6.35. The number of halogens is 1. The van der Waals surface area contributed by atoms with Crippen molar-refractivity contribution in [3.63, 3.8) is 0 Å². The maximum atomic E-state index is 13.1. The van der Waals surface area contributed by atoms with Crippen LogP contribution < -0.4 is 14.9 Å². The molecule has 1 atom stereocenters. The van der Waals surface area contributed by atoms with Crippen molar-refractivity contribution in [1.29, 1.82) is 0 Å². The standard InChI is InChI=1S/C22H26FN3O5S/c1-16-5-2-3-7-20(16)26(15-21(27)24-13-18-6-4-12-31-18)22(28)14-25-32(29,30)19-10-8-17(23)9-11-19/h2-3,5,7-11,18,25H,4,6,12-15H2,1H3,(H,24,27)/t18-/m0/s1. The first-order valence-corrected chi connectivity index (χ1v) is 11.7. The van der Waals surface area contributed by atoms with Gasteiger partial charge in [-0.3, -0.25) is 9.59 Å². The summed E-state index contributed by atoms with van der Waals surface area (Å²) in [5.41, 5.74) is 1.26. The topological polar surface area (TPSA) is 105 Å². The summed E-state index contributed by atoms with van der Waals surface area (Å²) in [7, 11) is -4.03. The lowest BCUT2D eigenvalue weighted by molar-refractivity contribution is -0.123. The zero-order valence-electron chi connectivity index (χ0n) is 17.7. The van der Waals surface area contributed by atoms with E-state index in [1.165, 1.54) is 4.90 Å². The van der Waals surface area contributed by atoms with Crippen molar-refractivity contribution in [2.24, 2.45) is 0 Å². The zero-order valence-corrected chi connectivity index (χ0v) is 18.5. The molecule has 10 heteroatoms. The molecule has 1 aliphatic rings. The molecule has 1 heterocycles. The quantitative estimate of drug-likeness (QED) is 0.590. The number of sulfonamides is 1. The van der Waals surface area contributed by atoms with E-state index in [2.05, 4.69) is 10.0 Å². The van der Waals surface area contributed by atoms with Gasteiger partial charge in [-0.05, 0) is 55.7 Å². The Hall–Kier alpha value is -2.82. The smallest absolute Gasteiger partial charge is 0.242 e. The molecule has 3 rings (SSSR count). The molecule has 0 aliphatic carbocycles. The number of carbonyl (C=O) groups is 2. The van der Waals surface area contributed by atoms with Gasteiger partial charge in [0.15, 0.2) is 0 Å². The minimum Gasteiger partial charge on any atom is -0.376 e. The summed E-state index contributed by atoms with van der Waals surface area (Å²) in [5, 5.41) is 2.77. The molecular weight excluding hydrogens is 437 g/mol. The Bertz CT molecular complexity index is 1050. The van der Waals surface area contributed by atoms with Crippen LogP contribution in [0, 0.1) is 12.7 Å². The number of nitrogens with one attached hydrogen (secondary N) is 2. The van der Waals surface area contributed by atoms with Crippen LogP contribution in [0.5, 0.6) is 0 Å². The highest BCUT2D eigenvalue weighted by molar-refractivity contribution is 7.89. The molecule has 8 nitrogen and oxygen atoms in total. The third-order valence-electron chi connectivity index (χ3n) is 5.10. The lowest BCUT2D eigenvalue weighted by Gasteiger charge is -2.24. The monoisotopic (exact) mass is 463 g/mol. The van der Waals surface area contributed by atoms with Crippen molar-refractivity contribution in [3.8, 4) is 0 Å². The first kappa shape index (κ1) is 23.8. The van der Waals surface area contributed by atoms with Gasteiger partial charge in [0.1, 0.15) is 12.4 Å². The fraction of sp³-hybridized carbons (Fsp3) is 0.364. The van der Waals surface area contributed by atoms with Gasteiger partial charge in [-0.15, -0.1) is 0 Å². The number of ether oxygens (including phenoxy) is 1. The summed E-state index contributed by atoms with van der Waals surface area (Å²) in [4.78, 5) is 26.6. The molecule has 0 radical (unpaired) electrons. The second kappa shape index (κ2) is 10.7. The van der Waals surface area contributed by atoms with Crippen LogP contribution >= 0.6 is 0 Å². The predicted molar refractivity (Wildman–Crippen MR) is 117 cm³/mol. The fourth-order valence-corrected chi connectivity index (χ4v) is 4.33. The maximum absolute atomic E-state index is 13.1. The van der Waals surface area contributed by atoms with Crippen LogP contribution in [0.15, 0.2) is 53.4 Å². The number of nitrogens with zero attached hydrogens (tertiary/aromatic N) is 1. The molecular formula is C22H26FN3O5S. The Morgan fingerprint density at radius 1 is 1.16 bits per heavy atom. The number of carbonyl (C=O) groups excluding carboxylic acids is 2. The summed E-state index contributed by atoms with van der Waals surface area (Å²) in [6.45, 7) is 1.98. The first-order chi connectivity index (χ1) is 15.3. The fourth-order valence-electron chi connectivity index (χ4n) is 3.36. The van der Waals surface area contributed by atoms with Gasteiger partial charge in [-0.25, -0.2) is 17.5 Å². The van der Waals surface area contributed by atoms with E-state index >= 15 is 0 Å². The zero-order chi connectivity index (χ0) is 23.1. The largest absolute Gasteiger partial charge is 0.376 e. The van der Waals surface area contributed by atoms with Crippen LogP contribution in [0.2, 0.25) is 0 Å². The molecule has 0 spiro atoms. The average Bonchev–Trinajstić information content (AvgIpc) is 3.29. The average molecular weight is 464 g/mol. The van der Waals surface area contributed by atoms with Gasteiger partial charge in [0.05, 0.1) is 17.5 Å². The van der Waals surface area contributed by atoms with Crippen LogP contribution in [-0.2, 0) is 24.3 Å². The number of hydrogen-bond donors (Lipinski definition) is 2. The molecule has 1 fully saturated rings. The van der Waals surface area contributed by atoms with Gasteiger partial charge in [-0.2, -0.15) is 0 Å². The van der Waals surface area contributed by atoms with Crippen LogP contribution in [0.3, 0.4) is 0 Å². The summed E-state index contributed by atoms with van der Waals surface area (Å²) >= 11 is 0. The molecule has 1 saturated heterocycles. The van der Waals surface area contributed by atoms with Gasteiger partial charge in [-0.1, -0.05) is 18.2 Å². The van der Waals surface area contributed by atoms with Crippen LogP contribution in [0.1, 0.15) is 18.4 Å². The minimum absolute atomic E-state index is 0.0379. The van der Waals surface area contributed by atoms with E-state index in [-0.39, 0.29) is 23.5 Å². The Morgan fingerprint density at radius 2 is 1.88 bits per heavy atom. The predicted octanol–water partition coefficient (Wildman–Crippen LogP) is 1.74. The Labute approximate surface area is 186 Å². The van der Waals surface area contributed by atoms with E-state index in [1.807, 2.05) is 0 Å². The molecule has 172 valence electrons. The van der Waals surface area contributed by atoms with Gasteiger partial charge in [0.2, 0.25) is 21.8 Å². The number of benzene rings is 2. The molecule has 2 amide bonds. The summed E-state index contributed by atoms with van der Waals surface area (Å²) in [6.07, 6.45) is 1.78. The van der Waals surface area contributed by atoms with E-state index in [9.17, 15) is 22.4 Å². The summed E-state index contributed by atoms with van der Waals surface area (Å²) in [6, 6.07) is 11.3. The lowest BCUT2D eigenvalue weighted by Crippen LogP contribution is -2.46. The summed E-state index contributed by atoms with van der Waals surface area (Å²) < 4.78 is 45.7. The van der Waals surface area contributed by atoms with Crippen LogP contribution in [0.25, 0.3) is 0 Å². The normalized spacial score (nSPS) is 16.0. The second-order valence-electron chi connectivity index (χ2n) is 7.48. The Balaban J connectivity index is 1.69. The van der Waals surface area contributed by atoms with Gasteiger partial charge in [0, 0.05) is 18.8 Å². The van der Waals surface area contributed by atoms with E-state index < -0.39 is 28.3 Å². The van der Waals surface area contributed by atoms with E-state index in [0.717, 1.165) is 42.7 Å². The van der Waals surface area contributed by atoms with E-state index in [4.69, 9.17) is 4.74 Å².